The fraction of sp³-hybridized carbons (Fsp3) is 0.400. The smallest absolute Gasteiger partial charge is 0.289 e. The second-order valence-electron chi connectivity index (χ2n) is 7.05. The molecule has 142 valence electrons. The summed E-state index contributed by atoms with van der Waals surface area (Å²) in [5.41, 5.74) is 0.336. The van der Waals surface area contributed by atoms with Crippen molar-refractivity contribution in [3.8, 4) is 11.3 Å². The van der Waals surface area contributed by atoms with Gasteiger partial charge < -0.3 is 14.6 Å². The van der Waals surface area contributed by atoms with Crippen molar-refractivity contribution in [1.82, 2.24) is 15.1 Å². The van der Waals surface area contributed by atoms with Gasteiger partial charge in [-0.3, -0.25) is 14.5 Å². The average molecular weight is 371 g/mol. The predicted octanol–water partition coefficient (Wildman–Crippen LogP) is 2.12. The average Bonchev–Trinajstić information content (AvgIpc) is 3.34. The molecular formula is C20H22FN3O3. The topological polar surface area (TPSA) is 65.8 Å². The third-order valence-corrected chi connectivity index (χ3v) is 4.93. The molecule has 6 nitrogen and oxygen atoms in total. The Morgan fingerprint density at radius 3 is 2.52 bits per heavy atom. The lowest BCUT2D eigenvalue weighted by Gasteiger charge is -2.33. The summed E-state index contributed by atoms with van der Waals surface area (Å²) in [4.78, 5) is 28.3. The van der Waals surface area contributed by atoms with Gasteiger partial charge in [0.15, 0.2) is 5.76 Å². The van der Waals surface area contributed by atoms with Gasteiger partial charge >= 0.3 is 0 Å². The van der Waals surface area contributed by atoms with Gasteiger partial charge in [-0.05, 0) is 37.1 Å². The molecule has 1 aromatic carbocycles. The maximum atomic E-state index is 13.9. The quantitative estimate of drug-likeness (QED) is 0.874. The van der Waals surface area contributed by atoms with Gasteiger partial charge in [-0.15, -0.1) is 0 Å². The van der Waals surface area contributed by atoms with E-state index in [1.54, 1.807) is 35.2 Å². The first kappa shape index (κ1) is 17.7. The molecular weight excluding hydrogens is 349 g/mol. The minimum absolute atomic E-state index is 0.0536. The predicted molar refractivity (Wildman–Crippen MR) is 97.6 cm³/mol. The monoisotopic (exact) mass is 371 g/mol. The lowest BCUT2D eigenvalue weighted by Crippen LogP contribution is -2.51. The standard InChI is InChI=1S/C20H22FN3O3/c21-16-4-2-1-3-15(16)17-7-8-18(27-17)20(26)24-11-9-23(10-12-24)13-19(25)22-14-5-6-14/h1-4,7-8,14H,5-6,9-13H2,(H,22,25). The first-order chi connectivity index (χ1) is 13.1. The highest BCUT2D eigenvalue weighted by molar-refractivity contribution is 5.92. The zero-order valence-corrected chi connectivity index (χ0v) is 15.0. The molecule has 0 atom stereocenters. The number of hydrogen-bond donors (Lipinski definition) is 1. The van der Waals surface area contributed by atoms with Gasteiger partial charge in [0.2, 0.25) is 5.91 Å². The molecule has 27 heavy (non-hydrogen) atoms. The molecule has 0 unspecified atom stereocenters. The van der Waals surface area contributed by atoms with E-state index in [0.29, 0.717) is 50.1 Å². The van der Waals surface area contributed by atoms with E-state index in [1.807, 2.05) is 0 Å². The number of halogens is 1. The molecule has 1 saturated carbocycles. The first-order valence-corrected chi connectivity index (χ1v) is 9.26. The highest BCUT2D eigenvalue weighted by atomic mass is 19.1. The van der Waals surface area contributed by atoms with Crippen molar-refractivity contribution < 1.29 is 18.4 Å². The lowest BCUT2D eigenvalue weighted by molar-refractivity contribution is -0.122. The number of benzene rings is 1. The Hall–Kier alpha value is -2.67. The molecule has 1 N–H and O–H groups in total. The summed E-state index contributed by atoms with van der Waals surface area (Å²) in [6.45, 7) is 2.72. The van der Waals surface area contributed by atoms with Crippen molar-refractivity contribution in [2.45, 2.75) is 18.9 Å². The third kappa shape index (κ3) is 4.19. The number of nitrogens with one attached hydrogen (secondary N) is 1. The van der Waals surface area contributed by atoms with Crippen LogP contribution >= 0.6 is 0 Å². The van der Waals surface area contributed by atoms with Crippen molar-refractivity contribution in [3.63, 3.8) is 0 Å². The van der Waals surface area contributed by atoms with Crippen LogP contribution in [0.1, 0.15) is 23.4 Å². The largest absolute Gasteiger partial charge is 0.451 e. The van der Waals surface area contributed by atoms with Crippen molar-refractivity contribution >= 4 is 11.8 Å². The SMILES string of the molecule is O=C(CN1CCN(C(=O)c2ccc(-c3ccccc3F)o2)CC1)NC1CC1. The summed E-state index contributed by atoms with van der Waals surface area (Å²) in [6, 6.07) is 9.87. The van der Waals surface area contributed by atoms with Gasteiger partial charge in [0.25, 0.3) is 5.91 Å². The Bertz CT molecular complexity index is 839. The van der Waals surface area contributed by atoms with Crippen LogP contribution in [0.2, 0.25) is 0 Å². The lowest BCUT2D eigenvalue weighted by atomic mass is 10.1. The highest BCUT2D eigenvalue weighted by Crippen LogP contribution is 2.25. The second-order valence-corrected chi connectivity index (χ2v) is 7.05. The first-order valence-electron chi connectivity index (χ1n) is 9.26. The number of piperazine rings is 1. The molecule has 2 aromatic rings. The highest BCUT2D eigenvalue weighted by Gasteiger charge is 2.27. The number of hydrogen-bond acceptors (Lipinski definition) is 4. The molecule has 2 amide bonds. The van der Waals surface area contributed by atoms with E-state index in [4.69, 9.17) is 4.42 Å². The van der Waals surface area contributed by atoms with Crippen LogP contribution in [0.15, 0.2) is 40.8 Å². The molecule has 0 bridgehead atoms. The van der Waals surface area contributed by atoms with Crippen LogP contribution in [0.5, 0.6) is 0 Å². The number of amides is 2. The van der Waals surface area contributed by atoms with Gasteiger partial charge in [-0.1, -0.05) is 12.1 Å². The molecule has 4 rings (SSSR count). The minimum atomic E-state index is -0.385. The molecule has 0 spiro atoms. The summed E-state index contributed by atoms with van der Waals surface area (Å²) >= 11 is 0. The second kappa shape index (κ2) is 7.52. The summed E-state index contributed by atoms with van der Waals surface area (Å²) in [6.07, 6.45) is 2.15. The van der Waals surface area contributed by atoms with Crippen LogP contribution in [0.4, 0.5) is 4.39 Å². The van der Waals surface area contributed by atoms with Gasteiger partial charge in [-0.2, -0.15) is 0 Å². The normalized spacial score (nSPS) is 17.7. The van der Waals surface area contributed by atoms with Crippen molar-refractivity contribution in [2.24, 2.45) is 0 Å². The third-order valence-electron chi connectivity index (χ3n) is 4.93. The molecule has 1 aliphatic carbocycles. The van der Waals surface area contributed by atoms with Crippen LogP contribution in [0.25, 0.3) is 11.3 Å². The molecule has 2 heterocycles. The molecule has 7 heteroatoms. The molecule has 1 aliphatic heterocycles. The Morgan fingerprint density at radius 1 is 1.07 bits per heavy atom. The minimum Gasteiger partial charge on any atom is -0.451 e. The molecule has 2 fully saturated rings. The Morgan fingerprint density at radius 2 is 1.81 bits per heavy atom. The summed E-state index contributed by atoms with van der Waals surface area (Å²) in [5, 5.41) is 2.98. The van der Waals surface area contributed by atoms with Crippen LogP contribution in [-0.2, 0) is 4.79 Å². The van der Waals surface area contributed by atoms with E-state index in [-0.39, 0.29) is 23.4 Å². The Kier molecular flexibility index (Phi) is 4.94. The molecule has 0 radical (unpaired) electrons. The van der Waals surface area contributed by atoms with E-state index in [1.165, 1.54) is 6.07 Å². The molecule has 1 aromatic heterocycles. The van der Waals surface area contributed by atoms with E-state index in [0.717, 1.165) is 12.8 Å². The fourth-order valence-electron chi connectivity index (χ4n) is 3.23. The summed E-state index contributed by atoms with van der Waals surface area (Å²) in [5.74, 6) is 0.00135. The summed E-state index contributed by atoms with van der Waals surface area (Å²) in [7, 11) is 0. The van der Waals surface area contributed by atoms with Crippen molar-refractivity contribution in [3.05, 3.63) is 48.0 Å². The van der Waals surface area contributed by atoms with Crippen LogP contribution in [0, 0.1) is 5.82 Å². The maximum Gasteiger partial charge on any atom is 0.289 e. The number of carbonyl (C=O) groups excluding carboxylic acids is 2. The maximum absolute atomic E-state index is 13.9. The van der Waals surface area contributed by atoms with Gasteiger partial charge in [0.1, 0.15) is 11.6 Å². The van der Waals surface area contributed by atoms with E-state index in [2.05, 4.69) is 10.2 Å². The van der Waals surface area contributed by atoms with E-state index < -0.39 is 0 Å². The molecule has 1 saturated heterocycles. The van der Waals surface area contributed by atoms with Gasteiger partial charge in [0, 0.05) is 32.2 Å². The zero-order chi connectivity index (χ0) is 18.8. The summed E-state index contributed by atoms with van der Waals surface area (Å²) < 4.78 is 19.5. The van der Waals surface area contributed by atoms with Crippen LogP contribution in [-0.4, -0.2) is 60.4 Å². The van der Waals surface area contributed by atoms with Crippen LogP contribution < -0.4 is 5.32 Å². The Labute approximate surface area is 156 Å². The van der Waals surface area contributed by atoms with Crippen molar-refractivity contribution in [2.75, 3.05) is 32.7 Å². The number of rotatable bonds is 5. The van der Waals surface area contributed by atoms with Gasteiger partial charge in [-0.25, -0.2) is 4.39 Å². The zero-order valence-electron chi connectivity index (χ0n) is 15.0. The number of furan rings is 1. The van der Waals surface area contributed by atoms with Gasteiger partial charge in [0.05, 0.1) is 12.1 Å². The number of nitrogens with zero attached hydrogens (tertiary/aromatic N) is 2. The van der Waals surface area contributed by atoms with Crippen molar-refractivity contribution in [1.29, 1.82) is 0 Å². The van der Waals surface area contributed by atoms with Crippen LogP contribution in [0.3, 0.4) is 0 Å². The molecule has 2 aliphatic rings. The number of carbonyl (C=O) groups is 2. The Balaban J connectivity index is 1.33. The fourth-order valence-corrected chi connectivity index (χ4v) is 3.23. The van der Waals surface area contributed by atoms with E-state index >= 15 is 0 Å². The van der Waals surface area contributed by atoms with E-state index in [9.17, 15) is 14.0 Å².